The van der Waals surface area contributed by atoms with E-state index in [0.717, 1.165) is 0 Å². The molecule has 0 aromatic heterocycles. The first kappa shape index (κ1) is 19.3. The van der Waals surface area contributed by atoms with Crippen LogP contribution in [0.15, 0.2) is 49.0 Å². The number of rotatable bonds is 5. The average Bonchev–Trinajstić information content (AvgIpc) is 2.90. The minimum Gasteiger partial charge on any atom is -0.451 e. The fourth-order valence-corrected chi connectivity index (χ4v) is 2.83. The molecular formula is C21H19FN2O4. The highest BCUT2D eigenvalue weighted by molar-refractivity contribution is 6.10. The number of hydrogen-bond donors (Lipinski definition) is 1. The van der Waals surface area contributed by atoms with Gasteiger partial charge in [-0.05, 0) is 37.6 Å². The van der Waals surface area contributed by atoms with Gasteiger partial charge in [-0.3, -0.25) is 19.3 Å². The fraction of sp³-hybridized carbons (Fsp3) is 0.190. The third-order valence-corrected chi connectivity index (χ3v) is 4.44. The summed E-state index contributed by atoms with van der Waals surface area (Å²) in [5.41, 5.74) is 2.24. The predicted molar refractivity (Wildman–Crippen MR) is 102 cm³/mol. The van der Waals surface area contributed by atoms with Crippen molar-refractivity contribution >= 4 is 29.2 Å². The summed E-state index contributed by atoms with van der Waals surface area (Å²) in [4.78, 5) is 38.0. The largest absolute Gasteiger partial charge is 0.451 e. The molecule has 7 heteroatoms. The van der Waals surface area contributed by atoms with E-state index < -0.39 is 23.8 Å². The Hall–Kier alpha value is -3.48. The number of nitrogens with one attached hydrogen (secondary N) is 1. The van der Waals surface area contributed by atoms with Crippen LogP contribution in [0.3, 0.4) is 0 Å². The van der Waals surface area contributed by atoms with Gasteiger partial charge in [0.1, 0.15) is 12.4 Å². The fourth-order valence-electron chi connectivity index (χ4n) is 2.83. The van der Waals surface area contributed by atoms with Crippen LogP contribution in [-0.2, 0) is 14.3 Å². The first-order valence-electron chi connectivity index (χ1n) is 8.64. The lowest BCUT2D eigenvalue weighted by molar-refractivity contribution is -0.153. The van der Waals surface area contributed by atoms with Crippen molar-refractivity contribution in [3.63, 3.8) is 0 Å². The van der Waals surface area contributed by atoms with Crippen LogP contribution in [-0.4, -0.2) is 35.3 Å². The van der Waals surface area contributed by atoms with Crippen molar-refractivity contribution in [2.45, 2.75) is 20.0 Å². The average molecular weight is 382 g/mol. The van der Waals surface area contributed by atoms with E-state index in [0.29, 0.717) is 22.4 Å². The topological polar surface area (TPSA) is 75.7 Å². The summed E-state index contributed by atoms with van der Waals surface area (Å²) in [6.45, 7) is 6.49. The third-order valence-electron chi connectivity index (χ3n) is 4.44. The maximum atomic E-state index is 13.6. The molecule has 6 nitrogen and oxygen atoms in total. The first-order chi connectivity index (χ1) is 13.3. The van der Waals surface area contributed by atoms with Crippen molar-refractivity contribution < 1.29 is 23.5 Å². The summed E-state index contributed by atoms with van der Waals surface area (Å²) in [5, 5.41) is 2.49. The first-order valence-corrected chi connectivity index (χ1v) is 8.64. The maximum Gasteiger partial charge on any atom is 0.326 e. The van der Waals surface area contributed by atoms with Gasteiger partial charge < -0.3 is 10.1 Å². The van der Waals surface area contributed by atoms with Crippen molar-refractivity contribution in [3.05, 3.63) is 71.6 Å². The summed E-state index contributed by atoms with van der Waals surface area (Å²) in [6.07, 6.45) is -1.12. The standard InChI is InChI=1S/C21H19FN2O4/c1-12-8-9-15(10-18(12)22)23-20(26)14(3)28-19(25)11-24-13(2)16-6-4-5-7-17(16)21(24)27/h4-10,14H,2,11H2,1,3H3,(H,23,26). The smallest absolute Gasteiger partial charge is 0.326 e. The second-order valence-electron chi connectivity index (χ2n) is 6.47. The number of anilines is 1. The third kappa shape index (κ3) is 3.78. The molecule has 0 aliphatic carbocycles. The maximum absolute atomic E-state index is 13.6. The van der Waals surface area contributed by atoms with E-state index in [-0.39, 0.29) is 18.1 Å². The van der Waals surface area contributed by atoms with Crippen LogP contribution < -0.4 is 5.32 Å². The van der Waals surface area contributed by atoms with Gasteiger partial charge in [-0.2, -0.15) is 0 Å². The van der Waals surface area contributed by atoms with Crippen molar-refractivity contribution in [2.24, 2.45) is 0 Å². The zero-order valence-corrected chi connectivity index (χ0v) is 15.5. The normalized spacial score (nSPS) is 13.9. The second kappa shape index (κ2) is 7.64. The number of amides is 2. The van der Waals surface area contributed by atoms with Crippen LogP contribution in [0, 0.1) is 12.7 Å². The van der Waals surface area contributed by atoms with Gasteiger partial charge in [0.15, 0.2) is 6.10 Å². The van der Waals surface area contributed by atoms with E-state index in [9.17, 15) is 18.8 Å². The Kier molecular flexibility index (Phi) is 5.26. The summed E-state index contributed by atoms with van der Waals surface area (Å²) in [5.74, 6) is -2.15. The summed E-state index contributed by atoms with van der Waals surface area (Å²) in [6, 6.07) is 11.2. The quantitative estimate of drug-likeness (QED) is 0.806. The Balaban J connectivity index is 1.59. The van der Waals surface area contributed by atoms with Crippen LogP contribution in [0.25, 0.3) is 5.70 Å². The number of halogens is 1. The Morgan fingerprint density at radius 3 is 2.54 bits per heavy atom. The number of hydrogen-bond acceptors (Lipinski definition) is 4. The Morgan fingerprint density at radius 2 is 1.89 bits per heavy atom. The molecule has 1 atom stereocenters. The van der Waals surface area contributed by atoms with Crippen molar-refractivity contribution in [1.82, 2.24) is 4.90 Å². The Morgan fingerprint density at radius 1 is 1.21 bits per heavy atom. The summed E-state index contributed by atoms with van der Waals surface area (Å²) < 4.78 is 18.7. The zero-order valence-electron chi connectivity index (χ0n) is 15.5. The Labute approximate surface area is 161 Å². The van der Waals surface area contributed by atoms with Gasteiger partial charge in [-0.25, -0.2) is 4.39 Å². The van der Waals surface area contributed by atoms with Gasteiger partial charge in [0.25, 0.3) is 11.8 Å². The van der Waals surface area contributed by atoms with Gasteiger partial charge in [-0.15, -0.1) is 0 Å². The number of ether oxygens (including phenoxy) is 1. The van der Waals surface area contributed by atoms with Crippen LogP contribution in [0.1, 0.15) is 28.4 Å². The number of fused-ring (bicyclic) bond motifs is 1. The van der Waals surface area contributed by atoms with E-state index in [4.69, 9.17) is 4.74 Å². The molecule has 0 saturated carbocycles. The Bertz CT molecular complexity index is 951. The number of carbonyl (C=O) groups is 3. The summed E-state index contributed by atoms with van der Waals surface area (Å²) in [7, 11) is 0. The molecule has 1 aliphatic rings. The molecule has 1 unspecified atom stereocenters. The number of benzene rings is 2. The van der Waals surface area contributed by atoms with Crippen molar-refractivity contribution in [1.29, 1.82) is 0 Å². The molecule has 0 spiro atoms. The number of esters is 1. The number of aryl methyl sites for hydroxylation is 1. The van der Waals surface area contributed by atoms with Crippen molar-refractivity contribution in [2.75, 3.05) is 11.9 Å². The van der Waals surface area contributed by atoms with E-state index in [1.807, 2.05) is 0 Å². The highest BCUT2D eigenvalue weighted by Gasteiger charge is 2.33. The molecule has 2 aromatic carbocycles. The number of nitrogens with zero attached hydrogens (tertiary/aromatic N) is 1. The molecule has 0 fully saturated rings. The van der Waals surface area contributed by atoms with Crippen LogP contribution in [0.4, 0.5) is 10.1 Å². The van der Waals surface area contributed by atoms with E-state index in [1.54, 1.807) is 37.3 Å². The minimum absolute atomic E-state index is 0.259. The summed E-state index contributed by atoms with van der Waals surface area (Å²) >= 11 is 0. The molecule has 28 heavy (non-hydrogen) atoms. The molecule has 1 N–H and O–H groups in total. The van der Waals surface area contributed by atoms with Crippen LogP contribution in [0.5, 0.6) is 0 Å². The molecule has 0 radical (unpaired) electrons. The van der Waals surface area contributed by atoms with E-state index in [2.05, 4.69) is 11.9 Å². The van der Waals surface area contributed by atoms with Crippen LogP contribution >= 0.6 is 0 Å². The highest BCUT2D eigenvalue weighted by atomic mass is 19.1. The predicted octanol–water partition coefficient (Wildman–Crippen LogP) is 3.13. The highest BCUT2D eigenvalue weighted by Crippen LogP contribution is 2.30. The van der Waals surface area contributed by atoms with E-state index >= 15 is 0 Å². The molecule has 144 valence electrons. The molecular weight excluding hydrogens is 363 g/mol. The lowest BCUT2D eigenvalue weighted by atomic mass is 10.1. The molecule has 1 aliphatic heterocycles. The molecule has 0 bridgehead atoms. The second-order valence-corrected chi connectivity index (χ2v) is 6.47. The molecule has 1 heterocycles. The number of carbonyl (C=O) groups excluding carboxylic acids is 3. The lowest BCUT2D eigenvalue weighted by Crippen LogP contribution is -2.35. The molecule has 3 rings (SSSR count). The minimum atomic E-state index is -1.12. The van der Waals surface area contributed by atoms with Gasteiger partial charge in [-0.1, -0.05) is 30.8 Å². The molecule has 0 saturated heterocycles. The van der Waals surface area contributed by atoms with Gasteiger partial charge in [0.05, 0.1) is 0 Å². The van der Waals surface area contributed by atoms with Crippen LogP contribution in [0.2, 0.25) is 0 Å². The lowest BCUT2D eigenvalue weighted by Gasteiger charge is -2.18. The van der Waals surface area contributed by atoms with Gasteiger partial charge in [0, 0.05) is 22.5 Å². The molecule has 2 aromatic rings. The van der Waals surface area contributed by atoms with Gasteiger partial charge >= 0.3 is 5.97 Å². The zero-order chi connectivity index (χ0) is 20.4. The molecule has 2 amide bonds. The SMILES string of the molecule is C=C1c2ccccc2C(=O)N1CC(=O)OC(C)C(=O)Nc1ccc(C)c(F)c1. The van der Waals surface area contributed by atoms with E-state index in [1.165, 1.54) is 24.0 Å². The van der Waals surface area contributed by atoms with Crippen molar-refractivity contribution in [3.8, 4) is 0 Å². The van der Waals surface area contributed by atoms with Gasteiger partial charge in [0.2, 0.25) is 0 Å². The monoisotopic (exact) mass is 382 g/mol.